The van der Waals surface area contributed by atoms with Gasteiger partial charge in [-0.25, -0.2) is 12.8 Å². The van der Waals surface area contributed by atoms with E-state index in [9.17, 15) is 17.6 Å². The van der Waals surface area contributed by atoms with Crippen molar-refractivity contribution in [3.05, 3.63) is 53.8 Å². The molecule has 0 unspecified atom stereocenters. The molecule has 1 heterocycles. The molecule has 0 spiro atoms. The van der Waals surface area contributed by atoms with Crippen LogP contribution in [0.3, 0.4) is 0 Å². The molecular formula is C16H15FN2O5S. The average Bonchev–Trinajstić information content (AvgIpc) is 2.62. The van der Waals surface area contributed by atoms with Crippen LogP contribution >= 0.6 is 0 Å². The van der Waals surface area contributed by atoms with Crippen LogP contribution in [0.1, 0.15) is 5.56 Å². The van der Waals surface area contributed by atoms with E-state index < -0.39 is 21.7 Å². The first kappa shape index (κ1) is 17.2. The zero-order valence-corrected chi connectivity index (χ0v) is 13.8. The number of carbonyl (C=O) groups is 1. The number of benzene rings is 2. The van der Waals surface area contributed by atoms with Crippen molar-refractivity contribution in [2.75, 3.05) is 13.2 Å². The summed E-state index contributed by atoms with van der Waals surface area (Å²) in [5.74, 6) is -0.200. The minimum Gasteiger partial charge on any atom is -0.486 e. The normalized spacial score (nSPS) is 13.3. The Bertz CT molecular complexity index is 884. The van der Waals surface area contributed by atoms with Gasteiger partial charge in [0.2, 0.25) is 5.91 Å². The van der Waals surface area contributed by atoms with Crippen molar-refractivity contribution < 1.29 is 27.1 Å². The summed E-state index contributed by atoms with van der Waals surface area (Å²) in [4.78, 5) is 13.8. The zero-order chi connectivity index (χ0) is 17.9. The number of sulfonamides is 1. The maximum Gasteiger partial charge on any atom is 0.257 e. The van der Waals surface area contributed by atoms with Crippen molar-refractivity contribution in [1.82, 2.24) is 10.3 Å². The Balaban J connectivity index is 1.63. The monoisotopic (exact) mass is 366 g/mol. The van der Waals surface area contributed by atoms with E-state index >= 15 is 0 Å². The molecule has 7 nitrogen and oxygen atoms in total. The predicted octanol–water partition coefficient (Wildman–Crippen LogP) is 1.15. The number of nitrogens with one attached hydrogen (secondary N) is 2. The molecule has 1 aliphatic heterocycles. The first-order chi connectivity index (χ1) is 11.9. The number of hydrogen-bond acceptors (Lipinski definition) is 5. The summed E-state index contributed by atoms with van der Waals surface area (Å²) in [7, 11) is -3.97. The van der Waals surface area contributed by atoms with Gasteiger partial charge in [-0.3, -0.25) is 10.2 Å². The Hall–Kier alpha value is -2.65. The van der Waals surface area contributed by atoms with E-state index in [0.29, 0.717) is 30.3 Å². The topological polar surface area (TPSA) is 93.7 Å². The van der Waals surface area contributed by atoms with Crippen LogP contribution in [0.2, 0.25) is 0 Å². The van der Waals surface area contributed by atoms with Gasteiger partial charge in [-0.1, -0.05) is 12.1 Å². The van der Waals surface area contributed by atoms with Crippen LogP contribution in [0.15, 0.2) is 47.4 Å². The Labute approximate surface area is 143 Å². The molecule has 9 heteroatoms. The molecule has 3 rings (SSSR count). The third kappa shape index (κ3) is 4.25. The van der Waals surface area contributed by atoms with Crippen LogP contribution < -0.4 is 19.7 Å². The Kier molecular flexibility index (Phi) is 4.86. The van der Waals surface area contributed by atoms with Gasteiger partial charge in [0.1, 0.15) is 19.0 Å². The minimum atomic E-state index is -3.97. The fourth-order valence-corrected chi connectivity index (χ4v) is 3.08. The lowest BCUT2D eigenvalue weighted by Gasteiger charge is -2.19. The molecule has 0 atom stereocenters. The minimum absolute atomic E-state index is 0.0705. The SMILES string of the molecule is O=C(Cc1ccc(F)cc1)NNS(=O)(=O)c1ccc2c(c1)OCCO2. The maximum absolute atomic E-state index is 12.8. The second-order valence-corrected chi connectivity index (χ2v) is 6.94. The summed E-state index contributed by atoms with van der Waals surface area (Å²) in [6.07, 6.45) is -0.0933. The fraction of sp³-hybridized carbons (Fsp3) is 0.188. The third-order valence-electron chi connectivity index (χ3n) is 3.43. The van der Waals surface area contributed by atoms with Gasteiger partial charge in [0, 0.05) is 6.07 Å². The van der Waals surface area contributed by atoms with Crippen LogP contribution in [0, 0.1) is 5.82 Å². The van der Waals surface area contributed by atoms with E-state index in [1.807, 2.05) is 4.83 Å². The molecule has 1 aliphatic rings. The molecule has 2 N–H and O–H groups in total. The van der Waals surface area contributed by atoms with Gasteiger partial charge in [0.15, 0.2) is 11.5 Å². The molecule has 0 aromatic heterocycles. The highest BCUT2D eigenvalue weighted by molar-refractivity contribution is 7.89. The summed E-state index contributed by atoms with van der Waals surface area (Å²) >= 11 is 0. The van der Waals surface area contributed by atoms with Gasteiger partial charge < -0.3 is 9.47 Å². The number of hydrazine groups is 1. The van der Waals surface area contributed by atoms with Crippen molar-refractivity contribution in [2.45, 2.75) is 11.3 Å². The smallest absolute Gasteiger partial charge is 0.257 e. The molecule has 25 heavy (non-hydrogen) atoms. The lowest BCUT2D eigenvalue weighted by Crippen LogP contribution is -2.42. The van der Waals surface area contributed by atoms with Gasteiger partial charge in [-0.15, -0.1) is 4.83 Å². The second-order valence-electron chi connectivity index (χ2n) is 5.26. The summed E-state index contributed by atoms with van der Waals surface area (Å²) in [5, 5.41) is 0. The van der Waals surface area contributed by atoms with Gasteiger partial charge >= 0.3 is 0 Å². The molecule has 132 valence electrons. The molecule has 1 amide bonds. The Morgan fingerprint density at radius 1 is 1.04 bits per heavy atom. The second kappa shape index (κ2) is 7.08. The van der Waals surface area contributed by atoms with Crippen LogP contribution in [-0.4, -0.2) is 27.5 Å². The Morgan fingerprint density at radius 2 is 1.72 bits per heavy atom. The van der Waals surface area contributed by atoms with Crippen LogP contribution in [-0.2, 0) is 21.2 Å². The van der Waals surface area contributed by atoms with E-state index in [1.54, 1.807) is 0 Å². The number of amides is 1. The molecule has 0 radical (unpaired) electrons. The molecule has 0 saturated carbocycles. The number of rotatable bonds is 5. The average molecular weight is 366 g/mol. The first-order valence-electron chi connectivity index (χ1n) is 7.39. The molecule has 0 aliphatic carbocycles. The summed E-state index contributed by atoms with van der Waals surface area (Å²) in [5.41, 5.74) is 2.68. The number of halogens is 1. The van der Waals surface area contributed by atoms with Gasteiger partial charge in [0.05, 0.1) is 11.3 Å². The van der Waals surface area contributed by atoms with Crippen molar-refractivity contribution in [2.24, 2.45) is 0 Å². The van der Waals surface area contributed by atoms with Gasteiger partial charge in [-0.2, -0.15) is 0 Å². The van der Waals surface area contributed by atoms with Crippen LogP contribution in [0.4, 0.5) is 4.39 Å². The van der Waals surface area contributed by atoms with Crippen molar-refractivity contribution in [1.29, 1.82) is 0 Å². The number of fused-ring (bicyclic) bond motifs is 1. The highest BCUT2D eigenvalue weighted by Gasteiger charge is 2.20. The van der Waals surface area contributed by atoms with Crippen molar-refractivity contribution in [3.8, 4) is 11.5 Å². The standard InChI is InChI=1S/C16H15FN2O5S/c17-12-3-1-11(2-4-12)9-16(20)18-19-25(21,22)13-5-6-14-15(10-13)24-8-7-23-14/h1-6,10,19H,7-9H2,(H,18,20). The van der Waals surface area contributed by atoms with E-state index in [-0.39, 0.29) is 11.3 Å². The fourth-order valence-electron chi connectivity index (χ4n) is 2.21. The number of ether oxygens (including phenoxy) is 2. The van der Waals surface area contributed by atoms with Crippen molar-refractivity contribution >= 4 is 15.9 Å². The quantitative estimate of drug-likeness (QED) is 0.775. The lowest BCUT2D eigenvalue weighted by molar-refractivity contribution is -0.120. The predicted molar refractivity (Wildman–Crippen MR) is 86.0 cm³/mol. The molecular weight excluding hydrogens is 351 g/mol. The maximum atomic E-state index is 12.8. The van der Waals surface area contributed by atoms with Gasteiger partial charge in [0.25, 0.3) is 10.0 Å². The number of hydrogen-bond donors (Lipinski definition) is 2. The summed E-state index contributed by atoms with van der Waals surface area (Å²) < 4.78 is 48.0. The molecule has 2 aromatic carbocycles. The highest BCUT2D eigenvalue weighted by Crippen LogP contribution is 2.31. The highest BCUT2D eigenvalue weighted by atomic mass is 32.2. The lowest BCUT2D eigenvalue weighted by atomic mass is 10.1. The summed E-state index contributed by atoms with van der Waals surface area (Å²) in [6, 6.07) is 9.51. The first-order valence-corrected chi connectivity index (χ1v) is 8.87. The van der Waals surface area contributed by atoms with Crippen LogP contribution in [0.25, 0.3) is 0 Å². The molecule has 2 aromatic rings. The molecule has 0 fully saturated rings. The molecule has 0 saturated heterocycles. The van der Waals surface area contributed by atoms with E-state index in [0.717, 1.165) is 0 Å². The largest absolute Gasteiger partial charge is 0.486 e. The zero-order valence-electron chi connectivity index (χ0n) is 13.0. The van der Waals surface area contributed by atoms with E-state index in [4.69, 9.17) is 9.47 Å². The number of carbonyl (C=O) groups excluding carboxylic acids is 1. The van der Waals surface area contributed by atoms with Crippen molar-refractivity contribution in [3.63, 3.8) is 0 Å². The van der Waals surface area contributed by atoms with Gasteiger partial charge in [-0.05, 0) is 29.8 Å². The van der Waals surface area contributed by atoms with E-state index in [1.165, 1.54) is 42.5 Å². The summed E-state index contributed by atoms with van der Waals surface area (Å²) in [6.45, 7) is 0.731. The van der Waals surface area contributed by atoms with Crippen LogP contribution in [0.5, 0.6) is 11.5 Å². The van der Waals surface area contributed by atoms with E-state index in [2.05, 4.69) is 5.43 Å². The Morgan fingerprint density at radius 3 is 2.44 bits per heavy atom. The third-order valence-corrected chi connectivity index (χ3v) is 4.67. The molecule has 0 bridgehead atoms.